The highest BCUT2D eigenvalue weighted by molar-refractivity contribution is 7.15. The number of hydrogen-bond acceptors (Lipinski definition) is 6. The normalized spacial score (nSPS) is 16.5. The largest absolute Gasteiger partial charge is 0.497 e. The molecule has 1 fully saturated rings. The van der Waals surface area contributed by atoms with Crippen molar-refractivity contribution < 1.29 is 14.3 Å². The molecule has 3 rings (SSSR count). The smallest absolute Gasteiger partial charge is 0.319 e. The van der Waals surface area contributed by atoms with E-state index in [1.54, 1.807) is 26.1 Å². The molecule has 0 radical (unpaired) electrons. The van der Waals surface area contributed by atoms with Crippen LogP contribution in [-0.2, 0) is 11.2 Å². The standard InChI is InChI=1S/C19H25N5O3S/c1-23(2)19(26)24-10-4-5-14(12-24)17(25)20-18-22-21-16(28-18)11-13-6-8-15(27-3)9-7-13/h6-9,14H,4-5,10-12H2,1-3H3,(H,20,22,25)/t14-/m1/s1. The number of rotatable bonds is 5. The highest BCUT2D eigenvalue weighted by Crippen LogP contribution is 2.23. The van der Waals surface area contributed by atoms with Crippen LogP contribution >= 0.6 is 11.3 Å². The van der Waals surface area contributed by atoms with Gasteiger partial charge in [0.25, 0.3) is 0 Å². The minimum Gasteiger partial charge on any atom is -0.497 e. The third-order valence-electron chi connectivity index (χ3n) is 4.66. The van der Waals surface area contributed by atoms with Gasteiger partial charge < -0.3 is 19.9 Å². The van der Waals surface area contributed by atoms with Gasteiger partial charge in [0.1, 0.15) is 10.8 Å². The first-order valence-electron chi connectivity index (χ1n) is 9.18. The summed E-state index contributed by atoms with van der Waals surface area (Å²) in [5, 5.41) is 12.4. The van der Waals surface area contributed by atoms with Crippen molar-refractivity contribution >= 4 is 28.4 Å². The van der Waals surface area contributed by atoms with Gasteiger partial charge in [-0.1, -0.05) is 23.5 Å². The Balaban J connectivity index is 1.56. The average molecular weight is 404 g/mol. The average Bonchev–Trinajstić information content (AvgIpc) is 3.14. The molecule has 0 bridgehead atoms. The van der Waals surface area contributed by atoms with E-state index >= 15 is 0 Å². The zero-order valence-corrected chi connectivity index (χ0v) is 17.2. The Hall–Kier alpha value is -2.68. The maximum atomic E-state index is 12.6. The fraction of sp³-hybridized carbons (Fsp3) is 0.474. The van der Waals surface area contributed by atoms with E-state index < -0.39 is 0 Å². The van der Waals surface area contributed by atoms with Crippen molar-refractivity contribution in [2.24, 2.45) is 5.92 Å². The highest BCUT2D eigenvalue weighted by atomic mass is 32.1. The maximum Gasteiger partial charge on any atom is 0.319 e. The van der Waals surface area contributed by atoms with E-state index in [0.717, 1.165) is 29.2 Å². The van der Waals surface area contributed by atoms with Gasteiger partial charge in [0.05, 0.1) is 13.0 Å². The first kappa shape index (κ1) is 20.1. The molecule has 1 aromatic heterocycles. The SMILES string of the molecule is COc1ccc(Cc2nnc(NC(=O)[C@@H]3CCCN(C(=O)N(C)C)C3)s2)cc1. The van der Waals surface area contributed by atoms with Crippen LogP contribution in [0.2, 0.25) is 0 Å². The number of hydrogen-bond donors (Lipinski definition) is 1. The van der Waals surface area contributed by atoms with Gasteiger partial charge in [-0.25, -0.2) is 4.79 Å². The molecule has 8 nitrogen and oxygen atoms in total. The predicted molar refractivity (Wildman–Crippen MR) is 108 cm³/mol. The molecule has 150 valence electrons. The summed E-state index contributed by atoms with van der Waals surface area (Å²) in [7, 11) is 5.08. The van der Waals surface area contributed by atoms with Crippen LogP contribution < -0.4 is 10.1 Å². The first-order chi connectivity index (χ1) is 13.5. The Morgan fingerprint density at radius 1 is 1.29 bits per heavy atom. The van der Waals surface area contributed by atoms with E-state index in [2.05, 4.69) is 15.5 Å². The summed E-state index contributed by atoms with van der Waals surface area (Å²) < 4.78 is 5.16. The Kier molecular flexibility index (Phi) is 6.45. The molecule has 2 aromatic rings. The number of nitrogens with zero attached hydrogens (tertiary/aromatic N) is 4. The summed E-state index contributed by atoms with van der Waals surface area (Å²) in [6.45, 7) is 1.12. The van der Waals surface area contributed by atoms with Crippen molar-refractivity contribution in [3.8, 4) is 5.75 Å². The molecular weight excluding hydrogens is 378 g/mol. The fourth-order valence-electron chi connectivity index (χ4n) is 3.15. The lowest BCUT2D eigenvalue weighted by atomic mass is 9.97. The van der Waals surface area contributed by atoms with Crippen LogP contribution in [0.4, 0.5) is 9.93 Å². The summed E-state index contributed by atoms with van der Waals surface area (Å²) >= 11 is 1.37. The van der Waals surface area contributed by atoms with Crippen LogP contribution in [0, 0.1) is 5.92 Å². The first-order valence-corrected chi connectivity index (χ1v) is 10.0. The summed E-state index contributed by atoms with van der Waals surface area (Å²) in [4.78, 5) is 28.0. The molecule has 1 aliphatic rings. The third-order valence-corrected chi connectivity index (χ3v) is 5.50. The topological polar surface area (TPSA) is 87.7 Å². The molecule has 1 aliphatic heterocycles. The second-order valence-electron chi connectivity index (χ2n) is 6.98. The van der Waals surface area contributed by atoms with E-state index in [1.807, 2.05) is 24.3 Å². The molecule has 0 spiro atoms. The molecule has 9 heteroatoms. The Bertz CT molecular complexity index is 821. The number of piperidine rings is 1. The maximum absolute atomic E-state index is 12.6. The summed E-state index contributed by atoms with van der Waals surface area (Å²) in [6.07, 6.45) is 2.23. The molecule has 3 amide bonds. The van der Waals surface area contributed by atoms with Gasteiger partial charge in [-0.2, -0.15) is 0 Å². The lowest BCUT2D eigenvalue weighted by Crippen LogP contribution is -2.47. The van der Waals surface area contributed by atoms with Crippen LogP contribution in [0.3, 0.4) is 0 Å². The van der Waals surface area contributed by atoms with Crippen LogP contribution in [0.1, 0.15) is 23.4 Å². The minimum absolute atomic E-state index is 0.0600. The zero-order chi connectivity index (χ0) is 20.1. The summed E-state index contributed by atoms with van der Waals surface area (Å²) in [5.41, 5.74) is 1.10. The number of benzene rings is 1. The Labute approximate surface area is 168 Å². The molecule has 1 saturated heterocycles. The quantitative estimate of drug-likeness (QED) is 0.829. The molecule has 0 saturated carbocycles. The lowest BCUT2D eigenvalue weighted by molar-refractivity contribution is -0.121. The Morgan fingerprint density at radius 3 is 2.71 bits per heavy atom. The van der Waals surface area contributed by atoms with E-state index in [9.17, 15) is 9.59 Å². The van der Waals surface area contributed by atoms with Crippen molar-refractivity contribution in [1.82, 2.24) is 20.0 Å². The van der Waals surface area contributed by atoms with Gasteiger partial charge in [-0.15, -0.1) is 10.2 Å². The number of nitrogens with one attached hydrogen (secondary N) is 1. The number of urea groups is 1. The number of methoxy groups -OCH3 is 1. The van der Waals surface area contributed by atoms with Crippen LogP contribution in [0.5, 0.6) is 5.75 Å². The van der Waals surface area contributed by atoms with Gasteiger partial charge in [-0.3, -0.25) is 4.79 Å². The lowest BCUT2D eigenvalue weighted by Gasteiger charge is -2.33. The molecule has 2 heterocycles. The van der Waals surface area contributed by atoms with Crippen molar-refractivity contribution in [1.29, 1.82) is 0 Å². The molecule has 0 unspecified atom stereocenters. The summed E-state index contributed by atoms with van der Waals surface area (Å²) in [5.74, 6) is 0.471. The van der Waals surface area contributed by atoms with Crippen molar-refractivity contribution in [2.75, 3.05) is 39.6 Å². The van der Waals surface area contributed by atoms with Crippen LogP contribution in [0.25, 0.3) is 0 Å². The van der Waals surface area contributed by atoms with Gasteiger partial charge in [0.2, 0.25) is 11.0 Å². The second kappa shape index (κ2) is 9.01. The number of anilines is 1. The number of aromatic nitrogens is 2. The minimum atomic E-state index is -0.230. The van der Waals surface area contributed by atoms with E-state index in [0.29, 0.717) is 24.6 Å². The van der Waals surface area contributed by atoms with Crippen LogP contribution in [0.15, 0.2) is 24.3 Å². The van der Waals surface area contributed by atoms with Crippen molar-refractivity contribution in [2.45, 2.75) is 19.3 Å². The number of carbonyl (C=O) groups is 2. The zero-order valence-electron chi connectivity index (χ0n) is 16.3. The number of amides is 3. The van der Waals surface area contributed by atoms with Gasteiger partial charge in [-0.05, 0) is 30.5 Å². The number of carbonyl (C=O) groups excluding carboxylic acids is 2. The van der Waals surface area contributed by atoms with Crippen molar-refractivity contribution in [3.63, 3.8) is 0 Å². The molecule has 1 atom stereocenters. The molecule has 1 N–H and O–H groups in total. The highest BCUT2D eigenvalue weighted by Gasteiger charge is 2.29. The fourth-order valence-corrected chi connectivity index (χ4v) is 3.93. The van der Waals surface area contributed by atoms with E-state index in [4.69, 9.17) is 4.74 Å². The molecule has 1 aromatic carbocycles. The van der Waals surface area contributed by atoms with Crippen molar-refractivity contribution in [3.05, 3.63) is 34.8 Å². The predicted octanol–water partition coefficient (Wildman–Crippen LogP) is 2.47. The van der Waals surface area contributed by atoms with E-state index in [-0.39, 0.29) is 17.9 Å². The second-order valence-corrected chi connectivity index (χ2v) is 8.04. The van der Waals surface area contributed by atoms with Crippen LogP contribution in [-0.4, -0.2) is 66.2 Å². The monoisotopic (exact) mass is 403 g/mol. The third kappa shape index (κ3) is 4.98. The molecule has 0 aliphatic carbocycles. The van der Waals surface area contributed by atoms with Gasteiger partial charge >= 0.3 is 6.03 Å². The number of ether oxygens (including phenoxy) is 1. The van der Waals surface area contributed by atoms with Gasteiger partial charge in [0.15, 0.2) is 0 Å². The molecule has 28 heavy (non-hydrogen) atoms. The van der Waals surface area contributed by atoms with E-state index in [1.165, 1.54) is 16.2 Å². The summed E-state index contributed by atoms with van der Waals surface area (Å²) in [6, 6.07) is 7.72. The molecular formula is C19H25N5O3S. The Morgan fingerprint density at radius 2 is 2.04 bits per heavy atom. The van der Waals surface area contributed by atoms with Gasteiger partial charge in [0, 0.05) is 33.6 Å². The number of likely N-dealkylation sites (tertiary alicyclic amines) is 1.